The zero-order chi connectivity index (χ0) is 28.3. The van der Waals surface area contributed by atoms with Crippen molar-refractivity contribution in [1.29, 1.82) is 0 Å². The highest BCUT2D eigenvalue weighted by atomic mass is 19.4. The van der Waals surface area contributed by atoms with Gasteiger partial charge in [0.1, 0.15) is 5.60 Å². The standard InChI is InChI=1S/C30H36F3N3O4/c1-29(40-28(37)30(31,32)33)12-10-20(11-13-29)34-27-21-8-3-4-9-23(21)35-24-19-26(25(38-2)18-22(24)27)39-17-7-16-36-14-5-6-15-36/h3-4,8-9,18-20H,5-7,10-17H2,1-2H3,(H,34,35)/t20-,29+. The van der Waals surface area contributed by atoms with Gasteiger partial charge >= 0.3 is 12.1 Å². The topological polar surface area (TPSA) is 72.9 Å². The Labute approximate surface area is 232 Å². The number of likely N-dealkylation sites (tertiary alicyclic amines) is 1. The summed E-state index contributed by atoms with van der Waals surface area (Å²) in [6.07, 6.45) is 0.213. The Morgan fingerprint density at radius 3 is 2.50 bits per heavy atom. The molecule has 0 amide bonds. The molecule has 216 valence electrons. The monoisotopic (exact) mass is 559 g/mol. The van der Waals surface area contributed by atoms with Crippen LogP contribution in [0, 0.1) is 0 Å². The lowest BCUT2D eigenvalue weighted by Crippen LogP contribution is -2.42. The summed E-state index contributed by atoms with van der Waals surface area (Å²) in [7, 11) is 1.62. The summed E-state index contributed by atoms with van der Waals surface area (Å²) in [5.41, 5.74) is 1.33. The van der Waals surface area contributed by atoms with Crippen molar-refractivity contribution in [2.45, 2.75) is 69.7 Å². The Morgan fingerprint density at radius 2 is 1.80 bits per heavy atom. The molecule has 2 fully saturated rings. The number of ether oxygens (including phenoxy) is 3. The summed E-state index contributed by atoms with van der Waals surface area (Å²) in [5, 5.41) is 5.45. The number of rotatable bonds is 9. The number of hydrogen-bond donors (Lipinski definition) is 1. The number of pyridine rings is 1. The average Bonchev–Trinajstić information content (AvgIpc) is 3.45. The number of anilines is 1. The largest absolute Gasteiger partial charge is 0.493 e. The van der Waals surface area contributed by atoms with Crippen LogP contribution in [0.4, 0.5) is 18.9 Å². The number of carbonyl (C=O) groups is 1. The van der Waals surface area contributed by atoms with E-state index < -0.39 is 17.7 Å². The van der Waals surface area contributed by atoms with Gasteiger partial charge in [0.15, 0.2) is 11.5 Å². The van der Waals surface area contributed by atoms with Crippen molar-refractivity contribution in [1.82, 2.24) is 9.88 Å². The van der Waals surface area contributed by atoms with E-state index in [-0.39, 0.29) is 6.04 Å². The molecule has 1 aliphatic carbocycles. The molecule has 2 heterocycles. The first kappa shape index (κ1) is 28.3. The third kappa shape index (κ3) is 6.37. The van der Waals surface area contributed by atoms with Gasteiger partial charge in [0.2, 0.25) is 0 Å². The lowest BCUT2D eigenvalue weighted by atomic mass is 9.83. The Bertz CT molecular complexity index is 1350. The van der Waals surface area contributed by atoms with E-state index in [1.165, 1.54) is 12.8 Å². The number of nitrogens with zero attached hydrogens (tertiary/aromatic N) is 2. The van der Waals surface area contributed by atoms with Crippen molar-refractivity contribution in [2.24, 2.45) is 0 Å². The fourth-order valence-corrected chi connectivity index (χ4v) is 5.76. The molecule has 1 aliphatic heterocycles. The maximum absolute atomic E-state index is 12.8. The van der Waals surface area contributed by atoms with E-state index in [9.17, 15) is 18.0 Å². The molecule has 40 heavy (non-hydrogen) atoms. The molecule has 1 aromatic heterocycles. The van der Waals surface area contributed by atoms with Crippen LogP contribution in [-0.4, -0.2) is 67.0 Å². The van der Waals surface area contributed by atoms with E-state index in [1.807, 2.05) is 36.4 Å². The van der Waals surface area contributed by atoms with Crippen LogP contribution in [-0.2, 0) is 9.53 Å². The summed E-state index contributed by atoms with van der Waals surface area (Å²) in [6.45, 7) is 5.48. The van der Waals surface area contributed by atoms with Crippen LogP contribution in [0.3, 0.4) is 0 Å². The predicted octanol–water partition coefficient (Wildman–Crippen LogP) is 6.48. The van der Waals surface area contributed by atoms with Gasteiger partial charge in [0, 0.05) is 29.4 Å². The van der Waals surface area contributed by atoms with Crippen LogP contribution in [0.1, 0.15) is 51.9 Å². The van der Waals surface area contributed by atoms with Crippen molar-refractivity contribution < 1.29 is 32.2 Å². The average molecular weight is 560 g/mol. The van der Waals surface area contributed by atoms with Gasteiger partial charge in [-0.25, -0.2) is 9.78 Å². The summed E-state index contributed by atoms with van der Waals surface area (Å²) in [4.78, 5) is 18.8. The van der Waals surface area contributed by atoms with Crippen LogP contribution in [0.25, 0.3) is 21.8 Å². The molecule has 0 unspecified atom stereocenters. The van der Waals surface area contributed by atoms with E-state index >= 15 is 0 Å². The summed E-state index contributed by atoms with van der Waals surface area (Å²) in [5.74, 6) is -0.872. The quantitative estimate of drug-likeness (QED) is 0.183. The minimum atomic E-state index is -5.00. The molecular formula is C30H36F3N3O4. The van der Waals surface area contributed by atoms with Gasteiger partial charge in [0.05, 0.1) is 30.4 Å². The SMILES string of the molecule is COc1cc2c(N[C@H]3CC[C@@](C)(OC(=O)C(F)(F)F)CC3)c3ccccc3nc2cc1OCCCN1CCCC1. The number of hydrogen-bond acceptors (Lipinski definition) is 7. The molecule has 2 aromatic carbocycles. The maximum atomic E-state index is 12.8. The number of alkyl halides is 3. The highest BCUT2D eigenvalue weighted by Crippen LogP contribution is 2.40. The lowest BCUT2D eigenvalue weighted by molar-refractivity contribution is -0.215. The molecule has 0 spiro atoms. The van der Waals surface area contributed by atoms with E-state index in [4.69, 9.17) is 19.2 Å². The van der Waals surface area contributed by atoms with E-state index in [1.54, 1.807) is 14.0 Å². The van der Waals surface area contributed by atoms with Crippen LogP contribution >= 0.6 is 0 Å². The second-order valence-electron chi connectivity index (χ2n) is 11.0. The Morgan fingerprint density at radius 1 is 1.07 bits per heavy atom. The van der Waals surface area contributed by atoms with Crippen molar-refractivity contribution in [3.63, 3.8) is 0 Å². The second-order valence-corrected chi connectivity index (χ2v) is 11.0. The van der Waals surface area contributed by atoms with Crippen molar-refractivity contribution in [3.05, 3.63) is 36.4 Å². The summed E-state index contributed by atoms with van der Waals surface area (Å²) >= 11 is 0. The summed E-state index contributed by atoms with van der Waals surface area (Å²) in [6, 6.07) is 11.7. The van der Waals surface area contributed by atoms with Crippen LogP contribution in [0.15, 0.2) is 36.4 Å². The maximum Gasteiger partial charge on any atom is 0.490 e. The molecule has 5 rings (SSSR count). The molecule has 1 saturated carbocycles. The number of esters is 1. The smallest absolute Gasteiger partial charge is 0.490 e. The zero-order valence-electron chi connectivity index (χ0n) is 23.0. The Hall–Kier alpha value is -3.27. The molecule has 10 heteroatoms. The molecule has 1 saturated heterocycles. The van der Waals surface area contributed by atoms with Gasteiger partial charge < -0.3 is 24.4 Å². The molecule has 0 bridgehead atoms. The molecule has 1 N–H and O–H groups in total. The fraction of sp³-hybridized carbons (Fsp3) is 0.533. The predicted molar refractivity (Wildman–Crippen MR) is 148 cm³/mol. The lowest BCUT2D eigenvalue weighted by Gasteiger charge is -2.37. The number of halogens is 3. The number of aromatic nitrogens is 1. The normalized spacial score (nSPS) is 22.0. The number of methoxy groups -OCH3 is 1. The van der Waals surface area contributed by atoms with E-state index in [2.05, 4.69) is 10.2 Å². The second kappa shape index (κ2) is 11.7. The van der Waals surface area contributed by atoms with Crippen LogP contribution in [0.2, 0.25) is 0 Å². The van der Waals surface area contributed by atoms with E-state index in [0.717, 1.165) is 53.5 Å². The van der Waals surface area contributed by atoms with Gasteiger partial charge in [-0.2, -0.15) is 13.2 Å². The third-order valence-corrected chi connectivity index (χ3v) is 8.00. The fourth-order valence-electron chi connectivity index (χ4n) is 5.76. The van der Waals surface area contributed by atoms with Gasteiger partial charge in [-0.15, -0.1) is 0 Å². The van der Waals surface area contributed by atoms with Crippen LogP contribution in [0.5, 0.6) is 11.5 Å². The van der Waals surface area contributed by atoms with Gasteiger partial charge in [-0.1, -0.05) is 18.2 Å². The number of fused-ring (bicyclic) bond motifs is 2. The van der Waals surface area contributed by atoms with Crippen molar-refractivity contribution in [2.75, 3.05) is 38.7 Å². The first-order valence-corrected chi connectivity index (χ1v) is 14.0. The molecular weight excluding hydrogens is 523 g/mol. The number of benzene rings is 2. The molecule has 3 aromatic rings. The first-order chi connectivity index (χ1) is 19.1. The Balaban J connectivity index is 1.35. The number of nitrogens with one attached hydrogen (secondary N) is 1. The Kier molecular flexibility index (Phi) is 8.26. The minimum Gasteiger partial charge on any atom is -0.493 e. The zero-order valence-corrected chi connectivity index (χ0v) is 23.0. The third-order valence-electron chi connectivity index (χ3n) is 8.00. The molecule has 2 aliphatic rings. The molecule has 7 nitrogen and oxygen atoms in total. The highest BCUT2D eigenvalue weighted by molar-refractivity contribution is 6.08. The van der Waals surface area contributed by atoms with E-state index in [0.29, 0.717) is 43.8 Å². The molecule has 0 atom stereocenters. The van der Waals surface area contributed by atoms with Gasteiger partial charge in [-0.05, 0) is 77.1 Å². The minimum absolute atomic E-state index is 0.0146. The first-order valence-electron chi connectivity index (χ1n) is 14.0. The van der Waals surface area contributed by atoms with Crippen molar-refractivity contribution >= 4 is 33.5 Å². The van der Waals surface area contributed by atoms with Gasteiger partial charge in [0.25, 0.3) is 0 Å². The number of para-hydroxylation sites is 1. The molecule has 0 radical (unpaired) electrons. The summed E-state index contributed by atoms with van der Waals surface area (Å²) < 4.78 is 55.0. The highest BCUT2D eigenvalue weighted by Gasteiger charge is 2.46. The van der Waals surface area contributed by atoms with Gasteiger partial charge in [-0.3, -0.25) is 0 Å². The van der Waals surface area contributed by atoms with Crippen molar-refractivity contribution in [3.8, 4) is 11.5 Å². The number of carbonyl (C=O) groups excluding carboxylic acids is 1. The van der Waals surface area contributed by atoms with Crippen LogP contribution < -0.4 is 14.8 Å².